The van der Waals surface area contributed by atoms with Gasteiger partial charge in [0.1, 0.15) is 0 Å². The molecule has 2 aromatic carbocycles. The number of halogens is 3. The number of hydrazine groups is 1. The van der Waals surface area contributed by atoms with Gasteiger partial charge in [0, 0.05) is 29.1 Å². The maximum absolute atomic E-state index is 12.4. The average molecular weight is 427 g/mol. The molecule has 142 valence electrons. The maximum Gasteiger partial charge on any atom is 0.258 e. The zero-order chi connectivity index (χ0) is 17.4. The number of carbonyl (C=O) groups is 1. The number of fused-ring (bicyclic) bond motifs is 1. The SMILES string of the molecule is Cc1ccc2nc(NC(=O)c3ccc(Cl)cc3)nc(NN3CC3)c2c1.Cl.Cl. The predicted octanol–water partition coefficient (Wildman–Crippen LogP) is 4.33. The van der Waals surface area contributed by atoms with Crippen LogP contribution in [0.5, 0.6) is 0 Å². The number of aryl methyl sites for hydroxylation is 1. The van der Waals surface area contributed by atoms with Crippen molar-refractivity contribution in [3.05, 3.63) is 58.6 Å². The largest absolute Gasteiger partial charge is 0.302 e. The quantitative estimate of drug-likeness (QED) is 0.608. The number of nitrogens with one attached hydrogen (secondary N) is 2. The molecule has 6 nitrogen and oxygen atoms in total. The Bertz CT molecular complexity index is 961. The molecule has 27 heavy (non-hydrogen) atoms. The molecule has 1 fully saturated rings. The van der Waals surface area contributed by atoms with Crippen molar-refractivity contribution in [1.29, 1.82) is 0 Å². The highest BCUT2D eigenvalue weighted by Gasteiger charge is 2.20. The lowest BCUT2D eigenvalue weighted by molar-refractivity contribution is 0.102. The van der Waals surface area contributed by atoms with Crippen LogP contribution in [0, 0.1) is 6.92 Å². The van der Waals surface area contributed by atoms with Crippen molar-refractivity contribution in [3.8, 4) is 0 Å². The summed E-state index contributed by atoms with van der Waals surface area (Å²) in [6, 6.07) is 12.6. The molecule has 1 amide bonds. The Morgan fingerprint density at radius 3 is 2.44 bits per heavy atom. The number of benzene rings is 2. The van der Waals surface area contributed by atoms with E-state index in [-0.39, 0.29) is 36.7 Å². The number of hydrogen-bond donors (Lipinski definition) is 2. The van der Waals surface area contributed by atoms with Gasteiger partial charge >= 0.3 is 0 Å². The lowest BCUT2D eigenvalue weighted by atomic mass is 10.1. The summed E-state index contributed by atoms with van der Waals surface area (Å²) in [5, 5.41) is 6.30. The van der Waals surface area contributed by atoms with E-state index in [1.165, 1.54) is 0 Å². The van der Waals surface area contributed by atoms with Gasteiger partial charge in [-0.2, -0.15) is 4.98 Å². The molecule has 0 radical (unpaired) electrons. The molecule has 0 atom stereocenters. The lowest BCUT2D eigenvalue weighted by Gasteiger charge is -2.12. The van der Waals surface area contributed by atoms with Crippen molar-refractivity contribution in [2.24, 2.45) is 0 Å². The standard InChI is InChI=1S/C18H16ClN5O.2ClH/c1-11-2-7-15-14(10-11)16(23-24-8-9-24)21-18(20-15)22-17(25)12-3-5-13(19)6-4-12;;/h2-7,10H,8-9H2,1H3,(H2,20,21,22,23,25);2*1H. The van der Waals surface area contributed by atoms with E-state index in [1.807, 2.05) is 30.1 Å². The van der Waals surface area contributed by atoms with Crippen LogP contribution in [0.3, 0.4) is 0 Å². The first-order valence-corrected chi connectivity index (χ1v) is 8.33. The van der Waals surface area contributed by atoms with Crippen molar-refractivity contribution in [3.63, 3.8) is 0 Å². The zero-order valence-electron chi connectivity index (χ0n) is 14.4. The summed E-state index contributed by atoms with van der Waals surface area (Å²) in [5.74, 6) is 0.680. The van der Waals surface area contributed by atoms with Gasteiger partial charge in [0.2, 0.25) is 5.95 Å². The van der Waals surface area contributed by atoms with E-state index >= 15 is 0 Å². The fourth-order valence-electron chi connectivity index (χ4n) is 2.47. The van der Waals surface area contributed by atoms with E-state index in [2.05, 4.69) is 20.7 Å². The second kappa shape index (κ2) is 8.71. The van der Waals surface area contributed by atoms with Crippen LogP contribution in [0.1, 0.15) is 15.9 Å². The molecular formula is C18H18Cl3N5O. The van der Waals surface area contributed by atoms with E-state index in [0.717, 1.165) is 29.6 Å². The van der Waals surface area contributed by atoms with Gasteiger partial charge in [-0.25, -0.2) is 9.99 Å². The second-order valence-corrected chi connectivity index (χ2v) is 6.41. The first kappa shape index (κ1) is 21.2. The summed E-state index contributed by atoms with van der Waals surface area (Å²) < 4.78 is 0. The van der Waals surface area contributed by atoms with Gasteiger partial charge in [-0.05, 0) is 43.3 Å². The van der Waals surface area contributed by atoms with Crippen LogP contribution in [0.2, 0.25) is 5.02 Å². The number of aromatic nitrogens is 2. The Labute approximate surface area is 174 Å². The van der Waals surface area contributed by atoms with Crippen LogP contribution < -0.4 is 10.7 Å². The number of anilines is 2. The van der Waals surface area contributed by atoms with Crippen molar-refractivity contribution < 1.29 is 4.79 Å². The Morgan fingerprint density at radius 2 is 1.78 bits per heavy atom. The minimum Gasteiger partial charge on any atom is -0.302 e. The second-order valence-electron chi connectivity index (χ2n) is 5.98. The summed E-state index contributed by atoms with van der Waals surface area (Å²) in [7, 11) is 0. The van der Waals surface area contributed by atoms with Gasteiger partial charge in [0.25, 0.3) is 5.91 Å². The van der Waals surface area contributed by atoms with Crippen LogP contribution in [0.25, 0.3) is 10.9 Å². The predicted molar refractivity (Wildman–Crippen MR) is 113 cm³/mol. The molecule has 4 rings (SSSR count). The van der Waals surface area contributed by atoms with Gasteiger partial charge in [0.15, 0.2) is 5.82 Å². The number of rotatable bonds is 4. The van der Waals surface area contributed by atoms with E-state index < -0.39 is 0 Å². The van der Waals surface area contributed by atoms with E-state index in [9.17, 15) is 4.79 Å². The van der Waals surface area contributed by atoms with Crippen molar-refractivity contribution >= 4 is 65.0 Å². The Kier molecular flexibility index (Phi) is 6.84. The van der Waals surface area contributed by atoms with Crippen LogP contribution in [0.15, 0.2) is 42.5 Å². The minimum absolute atomic E-state index is 0. The fraction of sp³-hybridized carbons (Fsp3) is 0.167. The molecule has 9 heteroatoms. The van der Waals surface area contributed by atoms with Crippen LogP contribution in [-0.2, 0) is 0 Å². The number of amides is 1. The molecule has 1 saturated heterocycles. The third-order valence-electron chi connectivity index (χ3n) is 3.89. The van der Waals surface area contributed by atoms with E-state index in [0.29, 0.717) is 16.4 Å². The van der Waals surface area contributed by atoms with Crippen LogP contribution in [-0.4, -0.2) is 34.0 Å². The van der Waals surface area contributed by atoms with Gasteiger partial charge in [-0.15, -0.1) is 24.8 Å². The Morgan fingerprint density at radius 1 is 1.07 bits per heavy atom. The van der Waals surface area contributed by atoms with Crippen molar-refractivity contribution in [1.82, 2.24) is 15.0 Å². The van der Waals surface area contributed by atoms with E-state index in [4.69, 9.17) is 11.6 Å². The summed E-state index contributed by atoms with van der Waals surface area (Å²) in [6.45, 7) is 3.98. The average Bonchev–Trinajstić information content (AvgIpc) is 3.40. The number of hydrogen-bond acceptors (Lipinski definition) is 5. The summed E-state index contributed by atoms with van der Waals surface area (Å²) >= 11 is 5.86. The molecule has 0 bridgehead atoms. The third kappa shape index (κ3) is 4.99. The van der Waals surface area contributed by atoms with Crippen molar-refractivity contribution in [2.45, 2.75) is 6.92 Å². The highest BCUT2D eigenvalue weighted by molar-refractivity contribution is 6.30. The molecule has 2 N–H and O–H groups in total. The molecule has 0 unspecified atom stereocenters. The molecular weight excluding hydrogens is 409 g/mol. The molecule has 2 heterocycles. The fourth-order valence-corrected chi connectivity index (χ4v) is 2.60. The van der Waals surface area contributed by atoms with Gasteiger partial charge in [0.05, 0.1) is 5.52 Å². The normalized spacial score (nSPS) is 12.7. The van der Waals surface area contributed by atoms with Crippen LogP contribution in [0.4, 0.5) is 11.8 Å². The Balaban J connectivity index is 0.00000131. The minimum atomic E-state index is -0.277. The molecule has 3 aromatic rings. The van der Waals surface area contributed by atoms with E-state index in [1.54, 1.807) is 24.3 Å². The number of carbonyl (C=O) groups excluding carboxylic acids is 1. The summed E-state index contributed by atoms with van der Waals surface area (Å²) in [6.07, 6.45) is 0. The highest BCUT2D eigenvalue weighted by atomic mass is 35.5. The van der Waals surface area contributed by atoms with Gasteiger partial charge < -0.3 is 5.43 Å². The first-order valence-electron chi connectivity index (χ1n) is 7.95. The molecule has 0 spiro atoms. The van der Waals surface area contributed by atoms with Crippen LogP contribution >= 0.6 is 36.4 Å². The van der Waals surface area contributed by atoms with Crippen molar-refractivity contribution in [2.75, 3.05) is 23.8 Å². The zero-order valence-corrected chi connectivity index (χ0v) is 16.8. The van der Waals surface area contributed by atoms with Gasteiger partial charge in [-0.1, -0.05) is 23.2 Å². The Hall–Kier alpha value is -2.12. The molecule has 1 aromatic heterocycles. The number of nitrogens with zero attached hydrogens (tertiary/aromatic N) is 3. The highest BCUT2D eigenvalue weighted by Crippen LogP contribution is 2.25. The topological polar surface area (TPSA) is 69.9 Å². The summed E-state index contributed by atoms with van der Waals surface area (Å²) in [4.78, 5) is 21.3. The summed E-state index contributed by atoms with van der Waals surface area (Å²) in [5.41, 5.74) is 5.66. The maximum atomic E-state index is 12.4. The first-order chi connectivity index (χ1) is 12.1. The lowest BCUT2D eigenvalue weighted by Crippen LogP contribution is -2.16. The molecule has 0 aliphatic carbocycles. The third-order valence-corrected chi connectivity index (χ3v) is 4.15. The molecule has 0 saturated carbocycles. The molecule has 1 aliphatic rings. The molecule has 1 aliphatic heterocycles. The van der Waals surface area contributed by atoms with Gasteiger partial charge in [-0.3, -0.25) is 10.1 Å². The smallest absolute Gasteiger partial charge is 0.258 e. The monoisotopic (exact) mass is 425 g/mol.